The number of fused-ring (bicyclic) bond motifs is 1. The number of aryl methyl sites for hydroxylation is 1. The number of hydrogen-bond acceptors (Lipinski definition) is 6. The summed E-state index contributed by atoms with van der Waals surface area (Å²) in [5.41, 5.74) is 2.96. The van der Waals surface area contributed by atoms with Crippen molar-refractivity contribution in [1.82, 2.24) is 15.1 Å². The van der Waals surface area contributed by atoms with E-state index in [4.69, 9.17) is 9.26 Å². The van der Waals surface area contributed by atoms with Crippen molar-refractivity contribution in [1.29, 1.82) is 0 Å². The predicted octanol–water partition coefficient (Wildman–Crippen LogP) is 3.95. The molecule has 0 spiro atoms. The number of aromatic nitrogens is 3. The van der Waals surface area contributed by atoms with E-state index in [2.05, 4.69) is 15.1 Å². The van der Waals surface area contributed by atoms with Crippen LogP contribution in [0.25, 0.3) is 22.3 Å². The maximum Gasteiger partial charge on any atom is 0.357 e. The van der Waals surface area contributed by atoms with Gasteiger partial charge in [0.2, 0.25) is 5.82 Å². The molecule has 2 aromatic carbocycles. The molecular formula is C20H15N3O3. The highest BCUT2D eigenvalue weighted by Gasteiger charge is 2.14. The lowest BCUT2D eigenvalue weighted by Gasteiger charge is -2.02. The molecule has 128 valence electrons. The normalized spacial score (nSPS) is 10.8. The topological polar surface area (TPSA) is 78.1 Å². The first kappa shape index (κ1) is 16.0. The first-order chi connectivity index (χ1) is 12.7. The molecule has 0 amide bonds. The smallest absolute Gasteiger partial charge is 0.357 e. The highest BCUT2D eigenvalue weighted by Crippen LogP contribution is 2.17. The summed E-state index contributed by atoms with van der Waals surface area (Å²) in [6.45, 7) is 1.90. The third-order valence-corrected chi connectivity index (χ3v) is 3.91. The Balaban J connectivity index is 1.45. The van der Waals surface area contributed by atoms with Crippen molar-refractivity contribution in [2.24, 2.45) is 0 Å². The van der Waals surface area contributed by atoms with E-state index in [1.807, 2.05) is 61.5 Å². The van der Waals surface area contributed by atoms with Gasteiger partial charge in [0.05, 0.1) is 5.52 Å². The van der Waals surface area contributed by atoms with Crippen molar-refractivity contribution in [2.45, 2.75) is 13.5 Å². The van der Waals surface area contributed by atoms with Crippen LogP contribution in [0.3, 0.4) is 0 Å². The van der Waals surface area contributed by atoms with Crippen LogP contribution in [0.4, 0.5) is 0 Å². The van der Waals surface area contributed by atoms with Crippen LogP contribution in [0.15, 0.2) is 65.2 Å². The summed E-state index contributed by atoms with van der Waals surface area (Å²) >= 11 is 0. The fraction of sp³-hybridized carbons (Fsp3) is 0.100. The fourth-order valence-corrected chi connectivity index (χ4v) is 2.51. The minimum Gasteiger partial charge on any atom is -0.451 e. The van der Waals surface area contributed by atoms with Gasteiger partial charge in [-0.25, -0.2) is 9.78 Å². The summed E-state index contributed by atoms with van der Waals surface area (Å²) in [5, 5.41) is 4.88. The van der Waals surface area contributed by atoms with Crippen LogP contribution in [0.5, 0.6) is 0 Å². The van der Waals surface area contributed by atoms with E-state index in [9.17, 15) is 4.79 Å². The maximum absolute atomic E-state index is 12.2. The minimum atomic E-state index is -0.536. The first-order valence-electron chi connectivity index (χ1n) is 8.11. The molecule has 6 nitrogen and oxygen atoms in total. The molecule has 0 atom stereocenters. The SMILES string of the molecule is Cc1ccc(-c2noc(COC(=O)c3ccc4ccccc4n3)n2)cc1. The number of esters is 1. The number of hydrogen-bond donors (Lipinski definition) is 0. The van der Waals surface area contributed by atoms with Crippen molar-refractivity contribution >= 4 is 16.9 Å². The molecule has 4 aromatic rings. The average molecular weight is 345 g/mol. The van der Waals surface area contributed by atoms with Gasteiger partial charge in [0.15, 0.2) is 6.61 Å². The second-order valence-electron chi connectivity index (χ2n) is 5.84. The van der Waals surface area contributed by atoms with Gasteiger partial charge in [0, 0.05) is 10.9 Å². The van der Waals surface area contributed by atoms with Gasteiger partial charge in [0.25, 0.3) is 5.89 Å². The van der Waals surface area contributed by atoms with E-state index >= 15 is 0 Å². The van der Waals surface area contributed by atoms with Gasteiger partial charge in [-0.1, -0.05) is 59.3 Å². The zero-order valence-electron chi connectivity index (χ0n) is 14.0. The molecule has 4 rings (SSSR count). The minimum absolute atomic E-state index is 0.105. The Labute approximate surface area is 149 Å². The van der Waals surface area contributed by atoms with E-state index in [1.54, 1.807) is 6.07 Å². The molecule has 2 aromatic heterocycles. The Bertz CT molecular complexity index is 1070. The molecule has 2 heterocycles. The highest BCUT2D eigenvalue weighted by molar-refractivity contribution is 5.90. The van der Waals surface area contributed by atoms with E-state index in [0.29, 0.717) is 5.82 Å². The van der Waals surface area contributed by atoms with Crippen LogP contribution < -0.4 is 0 Å². The number of benzene rings is 2. The number of rotatable bonds is 4. The number of para-hydroxylation sites is 1. The number of nitrogens with zero attached hydrogens (tertiary/aromatic N) is 3. The van der Waals surface area contributed by atoms with Gasteiger partial charge in [-0.2, -0.15) is 4.98 Å². The number of pyridine rings is 1. The van der Waals surface area contributed by atoms with Gasteiger partial charge in [-0.3, -0.25) is 0 Å². The second kappa shape index (κ2) is 6.76. The molecule has 0 saturated carbocycles. The lowest BCUT2D eigenvalue weighted by Crippen LogP contribution is -2.07. The number of ether oxygens (including phenoxy) is 1. The molecule has 6 heteroatoms. The molecule has 0 fully saturated rings. The molecule has 0 aliphatic heterocycles. The summed E-state index contributed by atoms with van der Waals surface area (Å²) in [7, 11) is 0. The molecule has 0 unspecified atom stereocenters. The van der Waals surface area contributed by atoms with E-state index in [1.165, 1.54) is 0 Å². The molecule has 0 N–H and O–H groups in total. The lowest BCUT2D eigenvalue weighted by atomic mass is 10.1. The average Bonchev–Trinajstić information content (AvgIpc) is 3.15. The summed E-state index contributed by atoms with van der Waals surface area (Å²) in [5.74, 6) is 0.153. The van der Waals surface area contributed by atoms with Crippen molar-refractivity contribution in [3.8, 4) is 11.4 Å². The van der Waals surface area contributed by atoms with Crippen LogP contribution in [0.2, 0.25) is 0 Å². The van der Waals surface area contributed by atoms with Crippen molar-refractivity contribution in [2.75, 3.05) is 0 Å². The van der Waals surface area contributed by atoms with Gasteiger partial charge < -0.3 is 9.26 Å². The van der Waals surface area contributed by atoms with E-state index in [-0.39, 0.29) is 18.2 Å². The molecular weight excluding hydrogens is 330 g/mol. The van der Waals surface area contributed by atoms with Crippen LogP contribution in [-0.2, 0) is 11.3 Å². The molecule has 0 aliphatic carbocycles. The Hall–Kier alpha value is -3.54. The monoisotopic (exact) mass is 345 g/mol. The van der Waals surface area contributed by atoms with Crippen molar-refractivity contribution < 1.29 is 14.1 Å². The van der Waals surface area contributed by atoms with Crippen LogP contribution in [-0.4, -0.2) is 21.1 Å². The Morgan fingerprint density at radius 3 is 2.65 bits per heavy atom. The standard InChI is InChI=1S/C20H15N3O3/c1-13-6-8-15(9-7-13)19-22-18(26-23-19)12-25-20(24)17-11-10-14-4-2-3-5-16(14)21-17/h2-11H,12H2,1H3. The summed E-state index contributed by atoms with van der Waals surface area (Å²) in [6, 6.07) is 18.8. The number of carbonyl (C=O) groups excluding carboxylic acids is 1. The van der Waals surface area contributed by atoms with Crippen molar-refractivity contribution in [3.63, 3.8) is 0 Å². The molecule has 0 saturated heterocycles. The first-order valence-corrected chi connectivity index (χ1v) is 8.11. The zero-order valence-corrected chi connectivity index (χ0v) is 14.0. The summed E-state index contributed by atoms with van der Waals surface area (Å²) in [4.78, 5) is 20.8. The maximum atomic E-state index is 12.2. The largest absolute Gasteiger partial charge is 0.451 e. The second-order valence-corrected chi connectivity index (χ2v) is 5.84. The quantitative estimate of drug-likeness (QED) is 0.521. The fourth-order valence-electron chi connectivity index (χ4n) is 2.51. The molecule has 0 aliphatic rings. The van der Waals surface area contributed by atoms with E-state index in [0.717, 1.165) is 22.0 Å². The van der Waals surface area contributed by atoms with Crippen molar-refractivity contribution in [3.05, 3.63) is 77.8 Å². The summed E-state index contributed by atoms with van der Waals surface area (Å²) < 4.78 is 10.4. The molecule has 26 heavy (non-hydrogen) atoms. The van der Waals surface area contributed by atoms with Crippen LogP contribution in [0.1, 0.15) is 21.9 Å². The van der Waals surface area contributed by atoms with Gasteiger partial charge in [-0.15, -0.1) is 0 Å². The Morgan fingerprint density at radius 2 is 1.81 bits per heavy atom. The third-order valence-electron chi connectivity index (χ3n) is 3.91. The molecule has 0 radical (unpaired) electrons. The van der Waals surface area contributed by atoms with Crippen LogP contribution in [0, 0.1) is 6.92 Å². The van der Waals surface area contributed by atoms with E-state index < -0.39 is 5.97 Å². The predicted molar refractivity (Wildman–Crippen MR) is 95.3 cm³/mol. The Kier molecular flexibility index (Phi) is 4.15. The lowest BCUT2D eigenvalue weighted by molar-refractivity contribution is 0.0423. The third kappa shape index (κ3) is 3.30. The van der Waals surface area contributed by atoms with Gasteiger partial charge >= 0.3 is 5.97 Å². The molecule has 0 bridgehead atoms. The van der Waals surface area contributed by atoms with Crippen LogP contribution >= 0.6 is 0 Å². The number of carbonyl (C=O) groups is 1. The Morgan fingerprint density at radius 1 is 1.00 bits per heavy atom. The highest BCUT2D eigenvalue weighted by atomic mass is 16.6. The summed E-state index contributed by atoms with van der Waals surface area (Å²) in [6.07, 6.45) is 0. The van der Waals surface area contributed by atoms with Gasteiger partial charge in [0.1, 0.15) is 5.69 Å². The van der Waals surface area contributed by atoms with Gasteiger partial charge in [-0.05, 0) is 19.1 Å². The zero-order chi connectivity index (χ0) is 17.9.